The van der Waals surface area contributed by atoms with Crippen LogP contribution in [-0.4, -0.2) is 17.8 Å². The number of benzene rings is 1. The molecule has 108 valence electrons. The summed E-state index contributed by atoms with van der Waals surface area (Å²) >= 11 is 6.28. The van der Waals surface area contributed by atoms with Crippen molar-refractivity contribution in [3.05, 3.63) is 35.4 Å². The van der Waals surface area contributed by atoms with Crippen molar-refractivity contribution in [1.29, 1.82) is 0 Å². The molecular formula is C17H22ClNO. The van der Waals surface area contributed by atoms with Gasteiger partial charge in [0.2, 0.25) is 5.91 Å². The predicted octanol–water partition coefficient (Wildman–Crippen LogP) is 3.63. The molecule has 0 radical (unpaired) electrons. The van der Waals surface area contributed by atoms with Crippen LogP contribution >= 0.6 is 11.6 Å². The number of amides is 1. The van der Waals surface area contributed by atoms with Gasteiger partial charge < -0.3 is 5.32 Å². The molecule has 1 N–H and O–H groups in total. The van der Waals surface area contributed by atoms with Crippen molar-refractivity contribution in [1.82, 2.24) is 5.32 Å². The van der Waals surface area contributed by atoms with Gasteiger partial charge in [-0.2, -0.15) is 0 Å². The summed E-state index contributed by atoms with van der Waals surface area (Å²) in [4.78, 5) is 12.5. The van der Waals surface area contributed by atoms with E-state index in [0.717, 1.165) is 38.6 Å². The van der Waals surface area contributed by atoms with Gasteiger partial charge in [-0.1, -0.05) is 30.7 Å². The minimum absolute atomic E-state index is 0.0372. The molecule has 0 heterocycles. The van der Waals surface area contributed by atoms with Crippen LogP contribution in [0.1, 0.15) is 49.1 Å². The van der Waals surface area contributed by atoms with Crippen molar-refractivity contribution in [2.24, 2.45) is 5.92 Å². The fraction of sp³-hybridized carbons (Fsp3) is 0.588. The van der Waals surface area contributed by atoms with Gasteiger partial charge in [0.1, 0.15) is 0 Å². The number of carbonyl (C=O) groups is 1. The maximum absolute atomic E-state index is 12.5. The Bertz CT molecular complexity index is 488. The Morgan fingerprint density at radius 3 is 2.85 bits per heavy atom. The second kappa shape index (κ2) is 6.17. The first-order chi connectivity index (χ1) is 9.75. The zero-order chi connectivity index (χ0) is 13.9. The Morgan fingerprint density at radius 2 is 2.05 bits per heavy atom. The maximum atomic E-state index is 12.5. The Balaban J connectivity index is 1.63. The van der Waals surface area contributed by atoms with E-state index in [2.05, 4.69) is 23.5 Å². The van der Waals surface area contributed by atoms with Gasteiger partial charge in [-0.25, -0.2) is 0 Å². The monoisotopic (exact) mass is 291 g/mol. The fourth-order valence-electron chi connectivity index (χ4n) is 3.60. The number of alkyl halides is 1. The van der Waals surface area contributed by atoms with Gasteiger partial charge in [0.25, 0.3) is 0 Å². The van der Waals surface area contributed by atoms with Crippen molar-refractivity contribution >= 4 is 17.5 Å². The molecule has 1 amide bonds. The Labute approximate surface area is 125 Å². The summed E-state index contributed by atoms with van der Waals surface area (Å²) in [7, 11) is 0. The first-order valence-corrected chi connectivity index (χ1v) is 8.19. The van der Waals surface area contributed by atoms with E-state index >= 15 is 0 Å². The van der Waals surface area contributed by atoms with Crippen molar-refractivity contribution in [2.75, 3.05) is 6.54 Å². The molecule has 2 aliphatic carbocycles. The summed E-state index contributed by atoms with van der Waals surface area (Å²) in [5, 5.41) is 3.39. The minimum atomic E-state index is 0.0372. The van der Waals surface area contributed by atoms with Crippen molar-refractivity contribution in [2.45, 2.75) is 49.8 Å². The minimum Gasteiger partial charge on any atom is -0.355 e. The zero-order valence-electron chi connectivity index (χ0n) is 11.8. The Kier molecular flexibility index (Phi) is 4.30. The van der Waals surface area contributed by atoms with Crippen molar-refractivity contribution in [3.63, 3.8) is 0 Å². The standard InChI is InChI=1S/C17H22ClNO/c18-16-10-4-7-13(16)11-19-17(20)15-9-3-6-12-5-1-2-8-14(12)15/h1-2,5,8,13,15-16H,3-4,6-7,9-11H2,(H,19,20). The number of carbonyl (C=O) groups excluding carboxylic acids is 1. The smallest absolute Gasteiger partial charge is 0.227 e. The molecule has 2 aliphatic rings. The third-order valence-electron chi connectivity index (χ3n) is 4.79. The summed E-state index contributed by atoms with van der Waals surface area (Å²) in [6, 6.07) is 8.37. The average molecular weight is 292 g/mol. The van der Waals surface area contributed by atoms with Crippen LogP contribution in [0.15, 0.2) is 24.3 Å². The van der Waals surface area contributed by atoms with E-state index in [0.29, 0.717) is 5.92 Å². The molecule has 3 atom stereocenters. The lowest BCUT2D eigenvalue weighted by molar-refractivity contribution is -0.123. The SMILES string of the molecule is O=C(NCC1CCCC1Cl)C1CCCc2ccccc21. The molecule has 1 saturated carbocycles. The molecule has 1 fully saturated rings. The van der Waals surface area contributed by atoms with Crippen LogP contribution < -0.4 is 5.32 Å². The van der Waals surface area contributed by atoms with E-state index in [9.17, 15) is 4.79 Å². The van der Waals surface area contributed by atoms with Gasteiger partial charge in [-0.3, -0.25) is 4.79 Å². The molecule has 3 unspecified atom stereocenters. The quantitative estimate of drug-likeness (QED) is 0.847. The van der Waals surface area contributed by atoms with Crippen LogP contribution in [0.25, 0.3) is 0 Å². The third-order valence-corrected chi connectivity index (χ3v) is 5.37. The Hall–Kier alpha value is -1.02. The lowest BCUT2D eigenvalue weighted by Crippen LogP contribution is -2.35. The normalized spacial score (nSPS) is 28.9. The van der Waals surface area contributed by atoms with Gasteiger partial charge in [0, 0.05) is 11.9 Å². The lowest BCUT2D eigenvalue weighted by atomic mass is 9.82. The summed E-state index contributed by atoms with van der Waals surface area (Å²) in [6.45, 7) is 0.742. The molecular weight excluding hydrogens is 270 g/mol. The van der Waals surface area contributed by atoms with Crippen LogP contribution in [0.4, 0.5) is 0 Å². The highest BCUT2D eigenvalue weighted by atomic mass is 35.5. The van der Waals surface area contributed by atoms with Crippen LogP contribution in [0.2, 0.25) is 0 Å². The molecule has 0 aliphatic heterocycles. The number of hydrogen-bond acceptors (Lipinski definition) is 1. The highest BCUT2D eigenvalue weighted by Gasteiger charge is 2.29. The van der Waals surface area contributed by atoms with E-state index in [4.69, 9.17) is 11.6 Å². The second-order valence-corrected chi connectivity index (χ2v) is 6.66. The number of hydrogen-bond donors (Lipinski definition) is 1. The van der Waals surface area contributed by atoms with Crippen molar-refractivity contribution < 1.29 is 4.79 Å². The summed E-state index contributed by atoms with van der Waals surface area (Å²) in [5.41, 5.74) is 2.57. The van der Waals surface area contributed by atoms with Crippen LogP contribution in [-0.2, 0) is 11.2 Å². The predicted molar refractivity (Wildman–Crippen MR) is 82.1 cm³/mol. The summed E-state index contributed by atoms with van der Waals surface area (Å²) < 4.78 is 0. The molecule has 1 aromatic carbocycles. The molecule has 0 spiro atoms. The molecule has 1 aromatic rings. The largest absolute Gasteiger partial charge is 0.355 e. The van der Waals surface area contributed by atoms with E-state index in [1.807, 2.05) is 6.07 Å². The van der Waals surface area contributed by atoms with Crippen LogP contribution in [0.3, 0.4) is 0 Å². The molecule has 0 bridgehead atoms. The fourth-order valence-corrected chi connectivity index (χ4v) is 3.97. The molecule has 0 saturated heterocycles. The van der Waals surface area contributed by atoms with Gasteiger partial charge in [0.05, 0.1) is 5.92 Å². The lowest BCUT2D eigenvalue weighted by Gasteiger charge is -2.25. The van der Waals surface area contributed by atoms with Crippen LogP contribution in [0, 0.1) is 5.92 Å². The summed E-state index contributed by atoms with van der Waals surface area (Å²) in [5.74, 6) is 0.683. The van der Waals surface area contributed by atoms with E-state index in [-0.39, 0.29) is 17.2 Å². The average Bonchev–Trinajstić information content (AvgIpc) is 2.89. The number of aryl methyl sites for hydroxylation is 1. The molecule has 3 heteroatoms. The highest BCUT2D eigenvalue weighted by molar-refractivity contribution is 6.21. The Morgan fingerprint density at radius 1 is 1.20 bits per heavy atom. The second-order valence-electron chi connectivity index (χ2n) is 6.10. The number of nitrogens with one attached hydrogen (secondary N) is 1. The van der Waals surface area contributed by atoms with E-state index < -0.39 is 0 Å². The van der Waals surface area contributed by atoms with E-state index in [1.165, 1.54) is 17.5 Å². The van der Waals surface area contributed by atoms with Crippen molar-refractivity contribution in [3.8, 4) is 0 Å². The number of rotatable bonds is 3. The zero-order valence-corrected chi connectivity index (χ0v) is 12.5. The maximum Gasteiger partial charge on any atom is 0.227 e. The highest BCUT2D eigenvalue weighted by Crippen LogP contribution is 2.32. The molecule has 3 rings (SSSR count). The molecule has 20 heavy (non-hydrogen) atoms. The van der Waals surface area contributed by atoms with E-state index in [1.54, 1.807) is 0 Å². The van der Waals surface area contributed by atoms with Gasteiger partial charge in [-0.05, 0) is 49.1 Å². The third kappa shape index (κ3) is 2.85. The van der Waals surface area contributed by atoms with Gasteiger partial charge in [-0.15, -0.1) is 11.6 Å². The molecule has 0 aromatic heterocycles. The first kappa shape index (κ1) is 13.9. The number of fused-ring (bicyclic) bond motifs is 1. The van der Waals surface area contributed by atoms with Gasteiger partial charge in [0.15, 0.2) is 0 Å². The van der Waals surface area contributed by atoms with Crippen LogP contribution in [0.5, 0.6) is 0 Å². The first-order valence-electron chi connectivity index (χ1n) is 7.75. The topological polar surface area (TPSA) is 29.1 Å². The summed E-state index contributed by atoms with van der Waals surface area (Å²) in [6.07, 6.45) is 6.62. The molecule has 2 nitrogen and oxygen atoms in total. The van der Waals surface area contributed by atoms with Gasteiger partial charge >= 0.3 is 0 Å². The number of halogens is 1.